The fraction of sp³-hybridized carbons (Fsp3) is 0.789. The van der Waals surface area contributed by atoms with E-state index in [1.165, 1.54) is 64.2 Å². The van der Waals surface area contributed by atoms with E-state index in [4.69, 9.17) is 5.11 Å². The number of rotatable bonds is 15. The predicted molar refractivity (Wildman–Crippen MR) is 101 cm³/mol. The van der Waals surface area contributed by atoms with E-state index in [-0.39, 0.29) is 6.61 Å². The fourth-order valence-electron chi connectivity index (χ4n) is 2.74. The van der Waals surface area contributed by atoms with Gasteiger partial charge in [0.2, 0.25) is 5.82 Å². The molecule has 0 unspecified atom stereocenters. The second kappa shape index (κ2) is 14.0. The first-order valence-electron chi connectivity index (χ1n) is 9.73. The van der Waals surface area contributed by atoms with Crippen LogP contribution < -0.4 is 15.2 Å². The van der Waals surface area contributed by atoms with Gasteiger partial charge in [0.1, 0.15) is 0 Å². The highest BCUT2D eigenvalue weighted by Crippen LogP contribution is 2.11. The van der Waals surface area contributed by atoms with Gasteiger partial charge in [-0.05, 0) is 6.42 Å². The lowest BCUT2D eigenvalue weighted by Crippen LogP contribution is -2.34. The zero-order valence-electron chi connectivity index (χ0n) is 15.7. The molecule has 0 aliphatic rings. The molecule has 0 saturated heterocycles. The molecule has 138 valence electrons. The van der Waals surface area contributed by atoms with Crippen molar-refractivity contribution in [3.8, 4) is 0 Å². The van der Waals surface area contributed by atoms with Crippen LogP contribution in [0.15, 0.2) is 12.3 Å². The molecular weight excluding hydrogens is 300 g/mol. The molecular formula is C19H37N4O+. The molecule has 0 fully saturated rings. The summed E-state index contributed by atoms with van der Waals surface area (Å²) in [5, 5.41) is 15.4. The number of nitrogens with zero attached hydrogens (tertiary/aromatic N) is 2. The van der Waals surface area contributed by atoms with Crippen molar-refractivity contribution in [2.24, 2.45) is 7.05 Å². The summed E-state index contributed by atoms with van der Waals surface area (Å²) >= 11 is 0. The zero-order valence-corrected chi connectivity index (χ0v) is 15.7. The Bertz CT molecular complexity index is 426. The predicted octanol–water partition coefficient (Wildman–Crippen LogP) is 3.64. The first kappa shape index (κ1) is 20.7. The standard InChI is InChI=1S/C19H36N4O/c1-3-4-5-6-7-8-9-10-11-12-14-20-18-13-16-23(2)19(22-18)21-15-17-24/h13,16,24H,3-12,14-15,17H2,1-2H3,(H,20,21,22)/p+1. The van der Waals surface area contributed by atoms with E-state index in [1.54, 1.807) is 0 Å². The van der Waals surface area contributed by atoms with Crippen LogP contribution in [0.1, 0.15) is 71.1 Å². The van der Waals surface area contributed by atoms with Gasteiger partial charge in [-0.15, -0.1) is 0 Å². The first-order valence-corrected chi connectivity index (χ1v) is 9.73. The zero-order chi connectivity index (χ0) is 17.5. The molecule has 0 radical (unpaired) electrons. The minimum Gasteiger partial charge on any atom is -0.393 e. The summed E-state index contributed by atoms with van der Waals surface area (Å²) in [5.74, 6) is 1.67. The van der Waals surface area contributed by atoms with Crippen LogP contribution in [-0.4, -0.2) is 29.8 Å². The highest BCUT2D eigenvalue weighted by molar-refractivity contribution is 5.36. The molecule has 5 nitrogen and oxygen atoms in total. The van der Waals surface area contributed by atoms with Crippen LogP contribution in [0.2, 0.25) is 0 Å². The molecule has 0 aromatic carbocycles. The number of aliphatic hydroxyl groups excluding tert-OH is 1. The first-order chi connectivity index (χ1) is 11.8. The number of anilines is 2. The number of aromatic nitrogens is 2. The van der Waals surface area contributed by atoms with Crippen LogP contribution in [0.25, 0.3) is 0 Å². The molecule has 3 N–H and O–H groups in total. The number of hydrogen-bond donors (Lipinski definition) is 3. The fourth-order valence-corrected chi connectivity index (χ4v) is 2.74. The van der Waals surface area contributed by atoms with Gasteiger partial charge in [-0.25, -0.2) is 4.57 Å². The van der Waals surface area contributed by atoms with E-state index in [1.807, 2.05) is 23.9 Å². The van der Waals surface area contributed by atoms with E-state index < -0.39 is 0 Å². The molecule has 0 spiro atoms. The van der Waals surface area contributed by atoms with E-state index in [9.17, 15) is 0 Å². The Labute approximate surface area is 147 Å². The quantitative estimate of drug-likeness (QED) is 0.338. The molecule has 0 aliphatic heterocycles. The average molecular weight is 338 g/mol. The van der Waals surface area contributed by atoms with Crippen LogP contribution in [0, 0.1) is 0 Å². The molecule has 1 aromatic heterocycles. The molecule has 1 rings (SSSR count). The number of unbranched alkanes of at least 4 members (excludes halogenated alkanes) is 9. The Morgan fingerprint density at radius 2 is 1.54 bits per heavy atom. The SMILES string of the molecule is CCCCCCCCCCCCNc1cc[n+](C)c(NCCO)n1. The Balaban J connectivity index is 2.04. The summed E-state index contributed by atoms with van der Waals surface area (Å²) in [7, 11) is 1.94. The van der Waals surface area contributed by atoms with Crippen molar-refractivity contribution in [3.63, 3.8) is 0 Å². The van der Waals surface area contributed by atoms with Gasteiger partial charge in [0.25, 0.3) is 0 Å². The molecule has 0 bridgehead atoms. The van der Waals surface area contributed by atoms with Crippen molar-refractivity contribution < 1.29 is 9.67 Å². The van der Waals surface area contributed by atoms with Crippen molar-refractivity contribution in [2.45, 2.75) is 71.1 Å². The third-order valence-corrected chi connectivity index (χ3v) is 4.25. The number of aliphatic hydroxyl groups is 1. The summed E-state index contributed by atoms with van der Waals surface area (Å²) < 4.78 is 1.92. The molecule has 24 heavy (non-hydrogen) atoms. The maximum Gasteiger partial charge on any atom is 0.393 e. The molecule has 0 amide bonds. The number of nitrogens with one attached hydrogen (secondary N) is 2. The number of aryl methyl sites for hydroxylation is 1. The molecule has 1 aromatic rings. The van der Waals surface area contributed by atoms with E-state index in [0.717, 1.165) is 18.3 Å². The lowest BCUT2D eigenvalue weighted by atomic mass is 10.1. The summed E-state index contributed by atoms with van der Waals surface area (Å²) in [6.45, 7) is 3.86. The maximum atomic E-state index is 8.89. The van der Waals surface area contributed by atoms with Crippen molar-refractivity contribution in [1.29, 1.82) is 0 Å². The van der Waals surface area contributed by atoms with E-state index in [0.29, 0.717) is 6.54 Å². The average Bonchev–Trinajstić information content (AvgIpc) is 2.59. The van der Waals surface area contributed by atoms with Gasteiger partial charge in [0.15, 0.2) is 0 Å². The Kier molecular flexibility index (Phi) is 12.1. The minimum atomic E-state index is 0.109. The second-order valence-electron chi connectivity index (χ2n) is 6.51. The van der Waals surface area contributed by atoms with Crippen molar-refractivity contribution in [2.75, 3.05) is 30.3 Å². The topological polar surface area (TPSA) is 61.1 Å². The summed E-state index contributed by atoms with van der Waals surface area (Å²) in [6, 6.07) is 1.99. The largest absolute Gasteiger partial charge is 0.393 e. The molecule has 5 heteroatoms. The molecule has 1 heterocycles. The van der Waals surface area contributed by atoms with Gasteiger partial charge in [-0.2, -0.15) is 0 Å². The third kappa shape index (κ3) is 9.71. The van der Waals surface area contributed by atoms with Crippen molar-refractivity contribution >= 4 is 11.8 Å². The van der Waals surface area contributed by atoms with Crippen LogP contribution >= 0.6 is 0 Å². The lowest BCUT2D eigenvalue weighted by molar-refractivity contribution is -0.659. The maximum absolute atomic E-state index is 8.89. The van der Waals surface area contributed by atoms with Gasteiger partial charge in [-0.1, -0.05) is 69.7 Å². The molecule has 0 atom stereocenters. The Hall–Kier alpha value is -1.36. The highest BCUT2D eigenvalue weighted by atomic mass is 16.3. The van der Waals surface area contributed by atoms with Gasteiger partial charge in [-0.3, -0.25) is 5.32 Å². The van der Waals surface area contributed by atoms with Crippen LogP contribution in [-0.2, 0) is 7.05 Å². The summed E-state index contributed by atoms with van der Waals surface area (Å²) in [4.78, 5) is 4.52. The van der Waals surface area contributed by atoms with Crippen molar-refractivity contribution in [1.82, 2.24) is 4.98 Å². The lowest BCUT2D eigenvalue weighted by Gasteiger charge is -2.06. The Morgan fingerprint density at radius 3 is 2.17 bits per heavy atom. The highest BCUT2D eigenvalue weighted by Gasteiger charge is 2.09. The van der Waals surface area contributed by atoms with E-state index in [2.05, 4.69) is 22.5 Å². The van der Waals surface area contributed by atoms with E-state index >= 15 is 0 Å². The minimum absolute atomic E-state index is 0.109. The van der Waals surface area contributed by atoms with Gasteiger partial charge in [0.05, 0.1) is 26.4 Å². The molecule has 0 saturated carbocycles. The van der Waals surface area contributed by atoms with Gasteiger partial charge < -0.3 is 10.4 Å². The second-order valence-corrected chi connectivity index (χ2v) is 6.51. The summed E-state index contributed by atoms with van der Waals surface area (Å²) in [5.41, 5.74) is 0. The normalized spacial score (nSPS) is 10.8. The smallest absolute Gasteiger partial charge is 0.393 e. The molecule has 0 aliphatic carbocycles. The van der Waals surface area contributed by atoms with Crippen LogP contribution in [0.5, 0.6) is 0 Å². The Morgan fingerprint density at radius 1 is 0.917 bits per heavy atom. The van der Waals surface area contributed by atoms with Crippen molar-refractivity contribution in [3.05, 3.63) is 12.3 Å². The van der Waals surface area contributed by atoms with Gasteiger partial charge >= 0.3 is 5.95 Å². The number of hydrogen-bond acceptors (Lipinski definition) is 4. The van der Waals surface area contributed by atoms with Crippen LogP contribution in [0.4, 0.5) is 11.8 Å². The third-order valence-electron chi connectivity index (χ3n) is 4.25. The summed E-state index contributed by atoms with van der Waals surface area (Å²) in [6.07, 6.45) is 15.5. The van der Waals surface area contributed by atoms with Crippen LogP contribution in [0.3, 0.4) is 0 Å². The van der Waals surface area contributed by atoms with Gasteiger partial charge in [0, 0.05) is 12.6 Å². The monoisotopic (exact) mass is 337 g/mol.